The molecule has 78 valence electrons. The van der Waals surface area contributed by atoms with Crippen molar-refractivity contribution in [3.8, 4) is 11.3 Å². The Labute approximate surface area is 92.0 Å². The van der Waals surface area contributed by atoms with Crippen LogP contribution >= 0.6 is 0 Å². The minimum atomic E-state index is 0.576. The summed E-state index contributed by atoms with van der Waals surface area (Å²) in [5.74, 6) is 0.755. The van der Waals surface area contributed by atoms with Crippen LogP contribution in [-0.2, 0) is 0 Å². The number of hydrogen-bond acceptors (Lipinski definition) is 2. The summed E-state index contributed by atoms with van der Waals surface area (Å²) in [6, 6.07) is 13.4. The van der Waals surface area contributed by atoms with Crippen molar-refractivity contribution in [1.29, 1.82) is 0 Å². The largest absolute Gasteiger partial charge is 0.456 e. The third kappa shape index (κ3) is 1.18. The summed E-state index contributed by atoms with van der Waals surface area (Å²) in [7, 11) is 0. The number of rotatable bonds is 0. The van der Waals surface area contributed by atoms with E-state index < -0.39 is 0 Å². The summed E-state index contributed by atoms with van der Waals surface area (Å²) in [5.41, 5.74) is 8.05. The lowest BCUT2D eigenvalue weighted by atomic mass is 10.1. The molecule has 1 aromatic carbocycles. The molecule has 1 heterocycles. The monoisotopic (exact) mass is 211 g/mol. The molecule has 0 fully saturated rings. The van der Waals surface area contributed by atoms with Crippen molar-refractivity contribution in [3.05, 3.63) is 47.8 Å². The van der Waals surface area contributed by atoms with Crippen LogP contribution in [-0.4, -0.2) is 0 Å². The minimum absolute atomic E-state index is 0.576. The summed E-state index contributed by atoms with van der Waals surface area (Å²) in [6.07, 6.45) is 0. The van der Waals surface area contributed by atoms with Gasteiger partial charge in [-0.15, -0.1) is 0 Å². The van der Waals surface area contributed by atoms with Gasteiger partial charge in [-0.2, -0.15) is 0 Å². The highest BCUT2D eigenvalue weighted by molar-refractivity contribution is 5.83. The quantitative estimate of drug-likeness (QED) is 0.426. The van der Waals surface area contributed by atoms with Gasteiger partial charge in [-0.25, -0.2) is 0 Å². The first-order valence-electron chi connectivity index (χ1n) is 5.05. The SMILES string of the molecule is Nc1ccc2oc3ccccc3cc-2c1=[NH2+]. The van der Waals surface area contributed by atoms with Crippen molar-refractivity contribution in [2.75, 3.05) is 5.73 Å². The molecule has 1 aromatic rings. The topological polar surface area (TPSA) is 64.8 Å². The zero-order chi connectivity index (χ0) is 11.1. The van der Waals surface area contributed by atoms with Crippen LogP contribution in [0.3, 0.4) is 0 Å². The normalized spacial score (nSPS) is 11.0. The lowest BCUT2D eigenvalue weighted by Gasteiger charge is -2.05. The molecule has 16 heavy (non-hydrogen) atoms. The highest BCUT2D eigenvalue weighted by Crippen LogP contribution is 2.25. The van der Waals surface area contributed by atoms with Crippen LogP contribution in [0.25, 0.3) is 22.3 Å². The van der Waals surface area contributed by atoms with Crippen LogP contribution in [0.5, 0.6) is 0 Å². The summed E-state index contributed by atoms with van der Waals surface area (Å²) in [6.45, 7) is 0. The average Bonchev–Trinajstić information content (AvgIpc) is 2.32. The van der Waals surface area contributed by atoms with Crippen LogP contribution in [0.2, 0.25) is 0 Å². The van der Waals surface area contributed by atoms with Crippen molar-refractivity contribution in [2.24, 2.45) is 0 Å². The second-order valence-electron chi connectivity index (χ2n) is 3.76. The van der Waals surface area contributed by atoms with E-state index in [1.165, 1.54) is 0 Å². The second kappa shape index (κ2) is 3.10. The number of benzene rings is 2. The van der Waals surface area contributed by atoms with Gasteiger partial charge in [0, 0.05) is 5.39 Å². The van der Waals surface area contributed by atoms with Crippen LogP contribution in [0, 0.1) is 0 Å². The van der Waals surface area contributed by atoms with Crippen molar-refractivity contribution >= 4 is 16.7 Å². The van der Waals surface area contributed by atoms with E-state index in [0.717, 1.165) is 22.3 Å². The maximum Gasteiger partial charge on any atom is 0.230 e. The fraction of sp³-hybridized carbons (Fsp3) is 0. The molecule has 2 aliphatic rings. The Hall–Kier alpha value is -2.29. The molecule has 0 amide bonds. The number of nitrogens with two attached hydrogens (primary N) is 2. The fourth-order valence-electron chi connectivity index (χ4n) is 1.84. The van der Waals surface area contributed by atoms with Crippen LogP contribution in [0.4, 0.5) is 5.69 Å². The van der Waals surface area contributed by atoms with E-state index in [0.29, 0.717) is 11.0 Å². The molecule has 0 unspecified atom stereocenters. The number of fused-ring (bicyclic) bond motifs is 2. The van der Waals surface area contributed by atoms with Gasteiger partial charge in [0.25, 0.3) is 0 Å². The van der Waals surface area contributed by atoms with Gasteiger partial charge < -0.3 is 10.2 Å². The van der Waals surface area contributed by atoms with Crippen LogP contribution < -0.4 is 16.5 Å². The average molecular weight is 211 g/mol. The highest BCUT2D eigenvalue weighted by atomic mass is 16.3. The van der Waals surface area contributed by atoms with E-state index in [9.17, 15) is 0 Å². The highest BCUT2D eigenvalue weighted by Gasteiger charge is 2.12. The molecule has 3 heteroatoms. The summed E-state index contributed by atoms with van der Waals surface area (Å²) < 4.78 is 5.75. The molecule has 0 radical (unpaired) electrons. The van der Waals surface area contributed by atoms with Crippen molar-refractivity contribution in [2.45, 2.75) is 0 Å². The molecule has 0 spiro atoms. The third-order valence-electron chi connectivity index (χ3n) is 2.72. The predicted molar refractivity (Wildman–Crippen MR) is 62.3 cm³/mol. The maximum atomic E-state index is 5.92. The first-order chi connectivity index (χ1) is 7.75. The van der Waals surface area contributed by atoms with E-state index in [1.807, 2.05) is 36.4 Å². The van der Waals surface area contributed by atoms with Gasteiger partial charge in [0.2, 0.25) is 5.36 Å². The van der Waals surface area contributed by atoms with Crippen molar-refractivity contribution in [3.63, 3.8) is 0 Å². The van der Waals surface area contributed by atoms with Gasteiger partial charge in [-0.3, -0.25) is 5.41 Å². The first kappa shape index (κ1) is 8.97. The molecule has 4 N–H and O–H groups in total. The Balaban J connectivity index is 2.53. The molecule has 1 aliphatic heterocycles. The Kier molecular flexibility index (Phi) is 1.74. The van der Waals surface area contributed by atoms with Gasteiger partial charge >= 0.3 is 0 Å². The molecule has 0 bridgehead atoms. The second-order valence-corrected chi connectivity index (χ2v) is 3.76. The number of para-hydroxylation sites is 1. The van der Waals surface area contributed by atoms with Gasteiger partial charge in [0.15, 0.2) is 0 Å². The lowest BCUT2D eigenvalue weighted by Crippen LogP contribution is -2.47. The van der Waals surface area contributed by atoms with E-state index in [1.54, 1.807) is 6.07 Å². The minimum Gasteiger partial charge on any atom is -0.456 e. The van der Waals surface area contributed by atoms with Gasteiger partial charge in [-0.1, -0.05) is 18.2 Å². The molecular formula is C13H11N2O+. The lowest BCUT2D eigenvalue weighted by molar-refractivity contribution is -0.170. The molecular weight excluding hydrogens is 200 g/mol. The van der Waals surface area contributed by atoms with Gasteiger partial charge in [-0.05, 0) is 24.3 Å². The molecule has 0 saturated carbocycles. The Bertz CT molecular complexity index is 700. The molecule has 0 aromatic heterocycles. The Morgan fingerprint density at radius 1 is 1.06 bits per heavy atom. The van der Waals surface area contributed by atoms with E-state index in [-0.39, 0.29) is 0 Å². The number of nitrogen functional groups attached to an aromatic ring is 1. The smallest absolute Gasteiger partial charge is 0.230 e. The molecule has 0 saturated heterocycles. The summed E-state index contributed by atoms with van der Waals surface area (Å²) in [5, 5.41) is 7.52. The number of hydrogen-bond donors (Lipinski definition) is 2. The Morgan fingerprint density at radius 3 is 2.75 bits per heavy atom. The van der Waals surface area contributed by atoms with Crippen molar-refractivity contribution < 1.29 is 9.83 Å². The van der Waals surface area contributed by atoms with Gasteiger partial charge in [0.1, 0.15) is 17.0 Å². The van der Waals surface area contributed by atoms with Crippen molar-refractivity contribution in [1.82, 2.24) is 0 Å². The molecule has 0 atom stereocenters. The maximum absolute atomic E-state index is 5.92. The Morgan fingerprint density at radius 2 is 1.88 bits per heavy atom. The van der Waals surface area contributed by atoms with E-state index in [2.05, 4.69) is 0 Å². The zero-order valence-corrected chi connectivity index (χ0v) is 8.60. The molecule has 3 rings (SSSR count). The fourth-order valence-corrected chi connectivity index (χ4v) is 1.84. The van der Waals surface area contributed by atoms with E-state index >= 15 is 0 Å². The molecule has 1 aliphatic carbocycles. The predicted octanol–water partition coefficient (Wildman–Crippen LogP) is 0.780. The first-order valence-corrected chi connectivity index (χ1v) is 5.05. The number of anilines is 1. The van der Waals surface area contributed by atoms with Crippen LogP contribution in [0.1, 0.15) is 0 Å². The molecule has 3 nitrogen and oxygen atoms in total. The summed E-state index contributed by atoms with van der Waals surface area (Å²) in [4.78, 5) is 0. The zero-order valence-electron chi connectivity index (χ0n) is 8.60. The summed E-state index contributed by atoms with van der Waals surface area (Å²) >= 11 is 0. The standard InChI is InChI=1S/C13H10N2O/c14-10-5-6-12-9(13(10)15)7-8-3-1-2-4-11(8)16-12/h1-7,15H,14H2/p+1. The van der Waals surface area contributed by atoms with Crippen LogP contribution in [0.15, 0.2) is 46.9 Å². The third-order valence-corrected chi connectivity index (χ3v) is 2.72. The van der Waals surface area contributed by atoms with Gasteiger partial charge in [0.05, 0.1) is 5.56 Å². The van der Waals surface area contributed by atoms with E-state index in [4.69, 9.17) is 15.6 Å².